The molecule has 1 saturated heterocycles. The Morgan fingerprint density at radius 3 is 1.57 bits per heavy atom. The van der Waals surface area contributed by atoms with E-state index in [1.807, 2.05) is 0 Å². The number of carbonyl (C=O) groups excluding carboxylic acids is 1. The average Bonchev–Trinajstić information content (AvgIpc) is 2.96. The molecule has 0 radical (unpaired) electrons. The van der Waals surface area contributed by atoms with Crippen LogP contribution in [0.1, 0.15) is 176 Å². The SMILES string of the molecule is C=C(CCCCC1CN(CCCC)CC(CCCCC(=O)C(CCCC)CCCC)N1)C(CCCC)CCCC. The molecule has 0 aromatic heterocycles. The van der Waals surface area contributed by atoms with Gasteiger partial charge < -0.3 is 10.2 Å². The Bertz CT molecular complexity index is 553. The van der Waals surface area contributed by atoms with Gasteiger partial charge in [0.25, 0.3) is 0 Å². The number of Topliss-reactive ketones (excluding diaryl/α,β-unsaturated/α-hetero) is 1. The molecule has 0 aliphatic carbocycles. The number of allylic oxidation sites excluding steroid dienone is 1. The number of carbonyl (C=O) groups is 1. The summed E-state index contributed by atoms with van der Waals surface area (Å²) in [7, 11) is 0. The molecule has 1 fully saturated rings. The molecule has 0 bridgehead atoms. The first-order valence-corrected chi connectivity index (χ1v) is 18.2. The van der Waals surface area contributed by atoms with Crippen LogP contribution in [0.2, 0.25) is 0 Å². The van der Waals surface area contributed by atoms with Crippen molar-refractivity contribution in [1.82, 2.24) is 10.2 Å². The van der Waals surface area contributed by atoms with Crippen LogP contribution in [0.5, 0.6) is 0 Å². The van der Waals surface area contributed by atoms with E-state index in [2.05, 4.69) is 51.4 Å². The second-order valence-corrected chi connectivity index (χ2v) is 13.3. The van der Waals surface area contributed by atoms with Crippen molar-refractivity contribution in [2.45, 2.75) is 188 Å². The maximum absolute atomic E-state index is 12.9. The van der Waals surface area contributed by atoms with Crippen LogP contribution in [0.15, 0.2) is 12.2 Å². The van der Waals surface area contributed by atoms with Crippen molar-refractivity contribution in [1.29, 1.82) is 0 Å². The van der Waals surface area contributed by atoms with Crippen LogP contribution in [0.4, 0.5) is 0 Å². The van der Waals surface area contributed by atoms with E-state index < -0.39 is 0 Å². The molecule has 0 spiro atoms. The zero-order chi connectivity index (χ0) is 29.4. The first-order valence-electron chi connectivity index (χ1n) is 18.2. The Balaban J connectivity index is 2.47. The minimum absolute atomic E-state index is 0.325. The maximum Gasteiger partial charge on any atom is 0.135 e. The Kier molecular flexibility index (Phi) is 23.2. The van der Waals surface area contributed by atoms with Crippen molar-refractivity contribution in [2.75, 3.05) is 19.6 Å². The first kappa shape index (κ1) is 37.4. The molecule has 3 nitrogen and oxygen atoms in total. The van der Waals surface area contributed by atoms with E-state index in [9.17, 15) is 4.79 Å². The summed E-state index contributed by atoms with van der Waals surface area (Å²) in [6, 6.07) is 1.21. The Morgan fingerprint density at radius 1 is 0.650 bits per heavy atom. The summed E-state index contributed by atoms with van der Waals surface area (Å²) in [5.74, 6) is 1.63. The molecule has 3 heteroatoms. The molecule has 0 saturated carbocycles. The average molecular weight is 561 g/mol. The normalized spacial score (nSPS) is 18.2. The minimum Gasteiger partial charge on any atom is -0.309 e. The van der Waals surface area contributed by atoms with Crippen molar-refractivity contribution in [3.05, 3.63) is 12.2 Å². The molecule has 236 valence electrons. The van der Waals surface area contributed by atoms with Gasteiger partial charge in [-0.1, -0.05) is 117 Å². The molecule has 2 atom stereocenters. The van der Waals surface area contributed by atoms with Gasteiger partial charge in [-0.15, -0.1) is 0 Å². The molecule has 40 heavy (non-hydrogen) atoms. The molecule has 0 amide bonds. The highest BCUT2D eigenvalue weighted by Crippen LogP contribution is 2.27. The van der Waals surface area contributed by atoms with Crippen molar-refractivity contribution >= 4 is 5.78 Å². The van der Waals surface area contributed by atoms with Crippen LogP contribution in [0, 0.1) is 11.8 Å². The van der Waals surface area contributed by atoms with Gasteiger partial charge in [-0.25, -0.2) is 0 Å². The lowest BCUT2D eigenvalue weighted by Crippen LogP contribution is -2.56. The maximum atomic E-state index is 12.9. The Morgan fingerprint density at radius 2 is 1.10 bits per heavy atom. The second kappa shape index (κ2) is 24.9. The van der Waals surface area contributed by atoms with Gasteiger partial charge in [-0.05, 0) is 76.7 Å². The molecule has 1 aliphatic rings. The number of hydrogen-bond donors (Lipinski definition) is 1. The predicted octanol–water partition coefficient (Wildman–Crippen LogP) is 10.7. The highest BCUT2D eigenvalue weighted by molar-refractivity contribution is 5.80. The fourth-order valence-corrected chi connectivity index (χ4v) is 6.71. The van der Waals surface area contributed by atoms with Crippen LogP contribution in [-0.4, -0.2) is 42.4 Å². The van der Waals surface area contributed by atoms with E-state index >= 15 is 0 Å². The molecule has 1 aliphatic heterocycles. The van der Waals surface area contributed by atoms with Gasteiger partial charge in [0, 0.05) is 37.5 Å². The quantitative estimate of drug-likeness (QED) is 0.0801. The van der Waals surface area contributed by atoms with Crippen LogP contribution in [0.3, 0.4) is 0 Å². The van der Waals surface area contributed by atoms with E-state index in [1.54, 1.807) is 0 Å². The van der Waals surface area contributed by atoms with Gasteiger partial charge in [0.05, 0.1) is 0 Å². The highest BCUT2D eigenvalue weighted by Gasteiger charge is 2.26. The third-order valence-corrected chi connectivity index (χ3v) is 9.44. The minimum atomic E-state index is 0.325. The predicted molar refractivity (Wildman–Crippen MR) is 178 cm³/mol. The number of piperazine rings is 1. The summed E-state index contributed by atoms with van der Waals surface area (Å²) in [4.78, 5) is 15.7. The van der Waals surface area contributed by atoms with Gasteiger partial charge in [0.2, 0.25) is 0 Å². The summed E-state index contributed by atoms with van der Waals surface area (Å²) in [6.45, 7) is 19.6. The van der Waals surface area contributed by atoms with Crippen LogP contribution < -0.4 is 5.32 Å². The van der Waals surface area contributed by atoms with Crippen molar-refractivity contribution in [3.63, 3.8) is 0 Å². The number of nitrogens with zero attached hydrogens (tertiary/aromatic N) is 1. The Labute approximate surface area is 252 Å². The van der Waals surface area contributed by atoms with E-state index in [0.717, 1.165) is 31.6 Å². The summed E-state index contributed by atoms with van der Waals surface area (Å²) >= 11 is 0. The van der Waals surface area contributed by atoms with Gasteiger partial charge in [0.15, 0.2) is 0 Å². The number of hydrogen-bond acceptors (Lipinski definition) is 3. The largest absolute Gasteiger partial charge is 0.309 e. The topological polar surface area (TPSA) is 32.3 Å². The lowest BCUT2D eigenvalue weighted by molar-refractivity contribution is -0.123. The van der Waals surface area contributed by atoms with Crippen molar-refractivity contribution in [3.8, 4) is 0 Å². The van der Waals surface area contributed by atoms with E-state index in [-0.39, 0.29) is 0 Å². The lowest BCUT2D eigenvalue weighted by Gasteiger charge is -2.39. The van der Waals surface area contributed by atoms with Crippen molar-refractivity contribution in [2.24, 2.45) is 11.8 Å². The molecule has 1 heterocycles. The molecule has 2 unspecified atom stereocenters. The second-order valence-electron chi connectivity index (χ2n) is 13.3. The monoisotopic (exact) mass is 561 g/mol. The van der Waals surface area contributed by atoms with E-state index in [0.29, 0.717) is 23.8 Å². The molecular formula is C37H72N2O. The van der Waals surface area contributed by atoms with Crippen LogP contribution in [-0.2, 0) is 4.79 Å². The van der Waals surface area contributed by atoms with Gasteiger partial charge in [0.1, 0.15) is 5.78 Å². The van der Waals surface area contributed by atoms with Gasteiger partial charge >= 0.3 is 0 Å². The standard InChI is InChI=1S/C37H72N2O/c1-7-12-22-33(23-13-8-2)32(6)21-17-18-26-35-30-39(29-16-11-5)31-36(38-35)27-19-20-28-37(40)34(24-14-9-3)25-15-10-4/h33-36,38H,6-31H2,1-5H3. The van der Waals surface area contributed by atoms with Crippen LogP contribution >= 0.6 is 0 Å². The fraction of sp³-hybridized carbons (Fsp3) is 0.919. The molecule has 0 aromatic rings. The third kappa shape index (κ3) is 17.3. The fourth-order valence-electron chi connectivity index (χ4n) is 6.71. The lowest BCUT2D eigenvalue weighted by atomic mass is 9.86. The molecule has 1 rings (SSSR count). The summed E-state index contributed by atoms with van der Waals surface area (Å²) in [6.07, 6.45) is 27.0. The Hall–Kier alpha value is -0.670. The number of unbranched alkanes of at least 4 members (excludes halogenated alkanes) is 7. The van der Waals surface area contributed by atoms with E-state index in [4.69, 9.17) is 0 Å². The zero-order valence-electron chi connectivity index (χ0n) is 28.0. The third-order valence-electron chi connectivity index (χ3n) is 9.44. The van der Waals surface area contributed by atoms with E-state index in [1.165, 1.54) is 141 Å². The zero-order valence-corrected chi connectivity index (χ0v) is 28.0. The first-order chi connectivity index (χ1) is 19.5. The van der Waals surface area contributed by atoms with Gasteiger partial charge in [-0.3, -0.25) is 4.79 Å². The van der Waals surface area contributed by atoms with Crippen LogP contribution in [0.25, 0.3) is 0 Å². The summed E-state index contributed by atoms with van der Waals surface area (Å²) in [5.41, 5.74) is 1.53. The molecular weight excluding hydrogens is 488 g/mol. The van der Waals surface area contributed by atoms with Crippen molar-refractivity contribution < 1.29 is 4.79 Å². The summed E-state index contributed by atoms with van der Waals surface area (Å²) in [5, 5.41) is 4.04. The van der Waals surface area contributed by atoms with Gasteiger partial charge in [-0.2, -0.15) is 0 Å². The molecule has 0 aromatic carbocycles. The number of ketones is 1. The number of nitrogens with one attached hydrogen (secondary N) is 1. The molecule has 1 N–H and O–H groups in total. The number of rotatable bonds is 27. The highest BCUT2D eigenvalue weighted by atomic mass is 16.1. The smallest absolute Gasteiger partial charge is 0.135 e. The summed E-state index contributed by atoms with van der Waals surface area (Å²) < 4.78 is 0.